The van der Waals surface area contributed by atoms with Gasteiger partial charge in [0.2, 0.25) is 0 Å². The van der Waals surface area contributed by atoms with E-state index in [2.05, 4.69) is 4.18 Å². The van der Waals surface area contributed by atoms with E-state index in [4.69, 9.17) is 9.84 Å². The van der Waals surface area contributed by atoms with Crippen molar-refractivity contribution in [1.82, 2.24) is 0 Å². The Morgan fingerprint density at radius 1 is 1.31 bits per heavy atom. The molecule has 0 fully saturated rings. The van der Waals surface area contributed by atoms with Crippen LogP contribution in [0.3, 0.4) is 0 Å². The van der Waals surface area contributed by atoms with Gasteiger partial charge in [0.05, 0.1) is 32.2 Å². The summed E-state index contributed by atoms with van der Waals surface area (Å²) < 4.78 is 30.7. The van der Waals surface area contributed by atoms with Gasteiger partial charge in [0, 0.05) is 0 Å². The molecule has 1 N–H and O–H groups in total. The van der Waals surface area contributed by atoms with E-state index in [-0.39, 0.29) is 63.2 Å². The molecule has 0 aromatic carbocycles. The molecule has 0 heterocycles. The van der Waals surface area contributed by atoms with Gasteiger partial charge >= 0.3 is 29.6 Å². The second kappa shape index (κ2) is 9.39. The van der Waals surface area contributed by atoms with Crippen LogP contribution in [0, 0.1) is 0 Å². The van der Waals surface area contributed by atoms with E-state index in [1.807, 2.05) is 0 Å². The van der Waals surface area contributed by atoms with Gasteiger partial charge in [-0.3, -0.25) is 4.18 Å². The van der Waals surface area contributed by atoms with Crippen LogP contribution in [-0.2, 0) is 19.0 Å². The fourth-order valence-electron chi connectivity index (χ4n) is 0.470. The minimum absolute atomic E-state index is 0. The van der Waals surface area contributed by atoms with E-state index in [0.717, 1.165) is 0 Å². The van der Waals surface area contributed by atoms with E-state index in [9.17, 15) is 8.42 Å². The average Bonchev–Trinajstić information content (AvgIpc) is 2.04. The van der Waals surface area contributed by atoms with Crippen molar-refractivity contribution in [2.45, 2.75) is 6.92 Å². The van der Waals surface area contributed by atoms with E-state index < -0.39 is 10.1 Å². The van der Waals surface area contributed by atoms with Crippen molar-refractivity contribution < 1.29 is 53.4 Å². The summed E-state index contributed by atoms with van der Waals surface area (Å²) in [6, 6.07) is 0. The monoisotopic (exact) mass is 222 g/mol. The van der Waals surface area contributed by atoms with E-state index in [1.54, 1.807) is 0 Å². The Labute approximate surface area is 102 Å². The van der Waals surface area contributed by atoms with Crippen molar-refractivity contribution in [3.8, 4) is 0 Å². The van der Waals surface area contributed by atoms with Crippen LogP contribution >= 0.6 is 0 Å². The van der Waals surface area contributed by atoms with Crippen molar-refractivity contribution in [3.05, 3.63) is 0 Å². The SMILES string of the molecule is CCS(=O)(=O)OCCOCCO.[H-].[Na+]. The molecule has 0 aliphatic heterocycles. The quantitative estimate of drug-likeness (QED) is 0.275. The van der Waals surface area contributed by atoms with Crippen LogP contribution in [0.5, 0.6) is 0 Å². The van der Waals surface area contributed by atoms with Crippen molar-refractivity contribution in [3.63, 3.8) is 0 Å². The first-order chi connectivity index (χ1) is 5.62. The first-order valence-corrected chi connectivity index (χ1v) is 5.26. The van der Waals surface area contributed by atoms with Gasteiger partial charge in [-0.1, -0.05) is 0 Å². The minimum atomic E-state index is -3.35. The van der Waals surface area contributed by atoms with Gasteiger partial charge in [0.1, 0.15) is 0 Å². The molecule has 0 aromatic rings. The maximum absolute atomic E-state index is 10.7. The fourth-order valence-corrected chi connectivity index (χ4v) is 0.959. The van der Waals surface area contributed by atoms with Crippen molar-refractivity contribution in [2.75, 3.05) is 32.2 Å². The second-order valence-electron chi connectivity index (χ2n) is 2.00. The van der Waals surface area contributed by atoms with Gasteiger partial charge < -0.3 is 11.3 Å². The standard InChI is InChI=1S/C6H14O5S.Na.H/c1-2-12(8,9)11-6-5-10-4-3-7;;/h7H,2-6H2,1H3;;/q;+1;-1. The zero-order chi connectivity index (χ0) is 9.45. The van der Waals surface area contributed by atoms with Gasteiger partial charge in [-0.15, -0.1) is 0 Å². The summed E-state index contributed by atoms with van der Waals surface area (Å²) in [5, 5.41) is 8.29. The molecule has 0 spiro atoms. The molecule has 5 nitrogen and oxygen atoms in total. The Morgan fingerprint density at radius 3 is 2.38 bits per heavy atom. The Bertz CT molecular complexity index is 196. The summed E-state index contributed by atoms with van der Waals surface area (Å²) in [5.74, 6) is -0.0347. The fraction of sp³-hybridized carbons (Fsp3) is 1.00. The maximum Gasteiger partial charge on any atom is 1.00 e. The molecule has 0 unspecified atom stereocenters. The molecule has 0 radical (unpaired) electrons. The molecule has 0 saturated heterocycles. The van der Waals surface area contributed by atoms with Crippen LogP contribution in [0.4, 0.5) is 0 Å². The summed E-state index contributed by atoms with van der Waals surface area (Å²) in [7, 11) is -3.35. The molecule has 0 aliphatic rings. The summed E-state index contributed by atoms with van der Waals surface area (Å²) in [6.45, 7) is 1.83. The number of ether oxygens (including phenoxy) is 1. The average molecular weight is 222 g/mol. The molecule has 13 heavy (non-hydrogen) atoms. The largest absolute Gasteiger partial charge is 1.00 e. The number of aliphatic hydroxyl groups excluding tert-OH is 1. The normalized spacial score (nSPS) is 10.9. The number of rotatable bonds is 7. The van der Waals surface area contributed by atoms with Crippen molar-refractivity contribution in [2.24, 2.45) is 0 Å². The van der Waals surface area contributed by atoms with Crippen molar-refractivity contribution in [1.29, 1.82) is 0 Å². The van der Waals surface area contributed by atoms with Gasteiger partial charge in [-0.05, 0) is 6.92 Å². The van der Waals surface area contributed by atoms with Crippen molar-refractivity contribution >= 4 is 10.1 Å². The molecule has 0 atom stereocenters. The zero-order valence-corrected chi connectivity index (χ0v) is 10.8. The minimum Gasteiger partial charge on any atom is -1.00 e. The molecule has 0 rings (SSSR count). The van der Waals surface area contributed by atoms with Gasteiger partial charge in [0.15, 0.2) is 0 Å². The van der Waals surface area contributed by atoms with Gasteiger partial charge in [0.25, 0.3) is 10.1 Å². The van der Waals surface area contributed by atoms with Crippen LogP contribution in [0.1, 0.15) is 8.35 Å². The number of hydrogen-bond donors (Lipinski definition) is 1. The van der Waals surface area contributed by atoms with E-state index in [0.29, 0.717) is 0 Å². The van der Waals surface area contributed by atoms with Crippen LogP contribution in [0.2, 0.25) is 0 Å². The first kappa shape index (κ1) is 16.3. The van der Waals surface area contributed by atoms with Crippen LogP contribution in [-0.4, -0.2) is 45.7 Å². The maximum atomic E-state index is 10.7. The van der Waals surface area contributed by atoms with E-state index >= 15 is 0 Å². The molecule has 76 valence electrons. The predicted octanol–water partition coefficient (Wildman–Crippen LogP) is -3.52. The molecule has 0 amide bonds. The second-order valence-corrected chi connectivity index (χ2v) is 3.93. The molecule has 0 saturated carbocycles. The van der Waals surface area contributed by atoms with E-state index in [1.165, 1.54) is 6.92 Å². The summed E-state index contributed by atoms with van der Waals surface area (Å²) >= 11 is 0. The Kier molecular flexibility index (Phi) is 11.7. The smallest absolute Gasteiger partial charge is 1.00 e. The topological polar surface area (TPSA) is 72.8 Å². The predicted molar refractivity (Wildman–Crippen MR) is 44.4 cm³/mol. The van der Waals surface area contributed by atoms with Gasteiger partial charge in [-0.25, -0.2) is 0 Å². The molecule has 0 bridgehead atoms. The Balaban J connectivity index is -0.000000605. The van der Waals surface area contributed by atoms with Crippen LogP contribution in [0.25, 0.3) is 0 Å². The Morgan fingerprint density at radius 2 is 1.92 bits per heavy atom. The molecular weight excluding hydrogens is 207 g/mol. The zero-order valence-electron chi connectivity index (χ0n) is 9.02. The van der Waals surface area contributed by atoms with Crippen LogP contribution in [0.15, 0.2) is 0 Å². The third kappa shape index (κ3) is 10.8. The summed E-state index contributed by atoms with van der Waals surface area (Å²) in [6.07, 6.45) is 0. The molecule has 0 aliphatic carbocycles. The van der Waals surface area contributed by atoms with Crippen LogP contribution < -0.4 is 29.6 Å². The number of hydrogen-bond acceptors (Lipinski definition) is 5. The number of aliphatic hydroxyl groups is 1. The third-order valence-electron chi connectivity index (χ3n) is 1.08. The van der Waals surface area contributed by atoms with Gasteiger partial charge in [-0.2, -0.15) is 8.42 Å². The first-order valence-electron chi connectivity index (χ1n) is 3.68. The molecule has 7 heteroatoms. The molecular formula is C6H15NaO5S. The third-order valence-corrected chi connectivity index (χ3v) is 2.31. The summed E-state index contributed by atoms with van der Waals surface area (Å²) in [4.78, 5) is 0. The Hall–Kier alpha value is 0.830. The summed E-state index contributed by atoms with van der Waals surface area (Å²) in [5.41, 5.74) is 0. The molecule has 0 aromatic heterocycles.